The second-order valence-corrected chi connectivity index (χ2v) is 8.37. The Hall–Kier alpha value is -3.39. The number of benzene rings is 2. The van der Waals surface area contributed by atoms with E-state index in [2.05, 4.69) is 20.9 Å². The lowest BCUT2D eigenvalue weighted by Crippen LogP contribution is -2.23. The highest BCUT2D eigenvalue weighted by Gasteiger charge is 2.22. The van der Waals surface area contributed by atoms with E-state index in [9.17, 15) is 14.7 Å². The van der Waals surface area contributed by atoms with E-state index in [1.807, 2.05) is 56.3 Å². The van der Waals surface area contributed by atoms with Gasteiger partial charge < -0.3 is 14.7 Å². The standard InChI is InChI=1S/C24H24BrN3O4/c1-15-10-11-20(32-13-17-8-6-5-7-9-17)16(2)21(15)28-22(26-14-27(3)4)18(24(30)31)12-19(25)23(28)29/h5-12,14H,13H2,1-4H3,(H,30,31). The zero-order valence-corrected chi connectivity index (χ0v) is 19.9. The highest BCUT2D eigenvalue weighted by Crippen LogP contribution is 2.32. The third-order valence-corrected chi connectivity index (χ3v) is 5.38. The van der Waals surface area contributed by atoms with Crippen LogP contribution in [0.5, 0.6) is 5.75 Å². The number of carboxylic acid groups (broad SMARTS) is 1. The Morgan fingerprint density at radius 3 is 2.50 bits per heavy atom. The minimum atomic E-state index is -1.18. The quantitative estimate of drug-likeness (QED) is 0.377. The molecule has 0 fully saturated rings. The smallest absolute Gasteiger partial charge is 0.339 e. The Labute approximate surface area is 194 Å². The summed E-state index contributed by atoms with van der Waals surface area (Å²) in [6, 6.07) is 14.7. The number of halogens is 1. The molecule has 0 radical (unpaired) electrons. The third-order valence-electron chi connectivity index (χ3n) is 4.82. The molecule has 1 aromatic heterocycles. The van der Waals surface area contributed by atoms with Gasteiger partial charge in [0.1, 0.15) is 17.9 Å². The first-order valence-electron chi connectivity index (χ1n) is 9.87. The molecule has 0 saturated carbocycles. The third kappa shape index (κ3) is 4.91. The van der Waals surface area contributed by atoms with Crippen molar-refractivity contribution < 1.29 is 14.6 Å². The van der Waals surface area contributed by atoms with Crippen LogP contribution in [0.15, 0.2) is 62.8 Å². The minimum absolute atomic E-state index is 0.0332. The van der Waals surface area contributed by atoms with Crippen LogP contribution in [0.25, 0.3) is 5.69 Å². The molecule has 1 heterocycles. The van der Waals surface area contributed by atoms with Crippen LogP contribution in [0.2, 0.25) is 0 Å². The van der Waals surface area contributed by atoms with E-state index in [1.165, 1.54) is 17.0 Å². The normalized spacial score (nSPS) is 11.0. The molecule has 32 heavy (non-hydrogen) atoms. The molecule has 1 N–H and O–H groups in total. The zero-order valence-electron chi connectivity index (χ0n) is 18.3. The number of carbonyl (C=O) groups is 1. The van der Waals surface area contributed by atoms with Gasteiger partial charge in [0.25, 0.3) is 5.56 Å². The van der Waals surface area contributed by atoms with Gasteiger partial charge in [-0.15, -0.1) is 0 Å². The number of hydrogen-bond donors (Lipinski definition) is 1. The molecule has 0 amide bonds. The van der Waals surface area contributed by atoms with E-state index in [-0.39, 0.29) is 15.9 Å². The predicted molar refractivity (Wildman–Crippen MR) is 129 cm³/mol. The van der Waals surface area contributed by atoms with Gasteiger partial charge in [-0.25, -0.2) is 9.79 Å². The van der Waals surface area contributed by atoms with Gasteiger partial charge in [-0.2, -0.15) is 0 Å². The Bertz CT molecular complexity index is 1230. The maximum Gasteiger partial charge on any atom is 0.339 e. The van der Waals surface area contributed by atoms with Crippen molar-refractivity contribution in [1.82, 2.24) is 9.47 Å². The SMILES string of the molecule is Cc1ccc(OCc2ccccc2)c(C)c1-n1c(N=CN(C)C)c(C(=O)O)cc(Br)c1=O. The summed E-state index contributed by atoms with van der Waals surface area (Å²) in [7, 11) is 3.53. The molecule has 2 aromatic carbocycles. The monoisotopic (exact) mass is 497 g/mol. The fourth-order valence-electron chi connectivity index (χ4n) is 3.29. The molecule has 0 aliphatic carbocycles. The van der Waals surface area contributed by atoms with Crippen LogP contribution < -0.4 is 10.3 Å². The first kappa shape index (κ1) is 23.3. The van der Waals surface area contributed by atoms with Crippen LogP contribution in [0.4, 0.5) is 5.82 Å². The average Bonchev–Trinajstić information content (AvgIpc) is 2.75. The van der Waals surface area contributed by atoms with E-state index in [4.69, 9.17) is 4.74 Å². The summed E-state index contributed by atoms with van der Waals surface area (Å²) in [6.07, 6.45) is 1.46. The van der Waals surface area contributed by atoms with Crippen molar-refractivity contribution in [2.24, 2.45) is 4.99 Å². The number of rotatable bonds is 7. The van der Waals surface area contributed by atoms with Crippen LogP contribution in [0, 0.1) is 13.8 Å². The number of aromatic carboxylic acids is 1. The number of aliphatic imine (C=N–C) groups is 1. The van der Waals surface area contributed by atoms with Crippen LogP contribution in [-0.2, 0) is 6.61 Å². The molecule has 0 bridgehead atoms. The first-order chi connectivity index (χ1) is 15.2. The van der Waals surface area contributed by atoms with E-state index >= 15 is 0 Å². The fraction of sp³-hybridized carbons (Fsp3) is 0.208. The molecule has 3 aromatic rings. The summed E-state index contributed by atoms with van der Waals surface area (Å²) in [4.78, 5) is 31.2. The molecule has 0 aliphatic rings. The second-order valence-electron chi connectivity index (χ2n) is 7.51. The van der Waals surface area contributed by atoms with Crippen LogP contribution in [0.1, 0.15) is 27.0 Å². The number of ether oxygens (including phenoxy) is 1. The van der Waals surface area contributed by atoms with Crippen LogP contribution >= 0.6 is 15.9 Å². The van der Waals surface area contributed by atoms with E-state index in [0.29, 0.717) is 23.6 Å². The van der Waals surface area contributed by atoms with Crippen molar-refractivity contribution in [2.45, 2.75) is 20.5 Å². The number of nitrogens with zero attached hydrogens (tertiary/aromatic N) is 3. The summed E-state index contributed by atoms with van der Waals surface area (Å²) in [5, 5.41) is 9.77. The Kier molecular flexibility index (Phi) is 7.15. The van der Waals surface area contributed by atoms with Crippen molar-refractivity contribution in [3.8, 4) is 11.4 Å². The summed E-state index contributed by atoms with van der Waals surface area (Å²) < 4.78 is 7.50. The Morgan fingerprint density at radius 1 is 1.19 bits per heavy atom. The van der Waals surface area contributed by atoms with E-state index in [1.54, 1.807) is 19.0 Å². The van der Waals surface area contributed by atoms with Crippen molar-refractivity contribution in [2.75, 3.05) is 14.1 Å². The zero-order chi connectivity index (χ0) is 23.4. The van der Waals surface area contributed by atoms with Crippen molar-refractivity contribution in [3.05, 3.63) is 85.6 Å². The molecule has 7 nitrogen and oxygen atoms in total. The molecule has 0 spiro atoms. The lowest BCUT2D eigenvalue weighted by molar-refractivity contribution is 0.0697. The predicted octanol–water partition coefficient (Wildman–Crippen LogP) is 4.72. The number of aryl methyl sites for hydroxylation is 1. The lowest BCUT2D eigenvalue weighted by atomic mass is 10.1. The van der Waals surface area contributed by atoms with Crippen LogP contribution in [-0.4, -0.2) is 41.0 Å². The average molecular weight is 498 g/mol. The maximum atomic E-state index is 13.2. The first-order valence-corrected chi connectivity index (χ1v) is 10.7. The summed E-state index contributed by atoms with van der Waals surface area (Å²) in [5.74, 6) is -0.552. The summed E-state index contributed by atoms with van der Waals surface area (Å²) in [6.45, 7) is 4.07. The van der Waals surface area contributed by atoms with E-state index in [0.717, 1.165) is 11.1 Å². The number of hydrogen-bond acceptors (Lipinski definition) is 4. The van der Waals surface area contributed by atoms with Crippen LogP contribution in [0.3, 0.4) is 0 Å². The summed E-state index contributed by atoms with van der Waals surface area (Å²) >= 11 is 3.22. The van der Waals surface area contributed by atoms with Gasteiger partial charge >= 0.3 is 5.97 Å². The number of carboxylic acids is 1. The molecular formula is C24H24BrN3O4. The van der Waals surface area contributed by atoms with Gasteiger partial charge in [0, 0.05) is 19.7 Å². The highest BCUT2D eigenvalue weighted by molar-refractivity contribution is 9.10. The number of aromatic nitrogens is 1. The van der Waals surface area contributed by atoms with Crippen molar-refractivity contribution in [3.63, 3.8) is 0 Å². The minimum Gasteiger partial charge on any atom is -0.489 e. The van der Waals surface area contributed by atoms with Gasteiger partial charge in [0.2, 0.25) is 0 Å². The molecule has 8 heteroatoms. The molecule has 0 atom stereocenters. The molecular weight excluding hydrogens is 474 g/mol. The maximum absolute atomic E-state index is 13.2. The van der Waals surface area contributed by atoms with Gasteiger partial charge in [-0.1, -0.05) is 36.4 Å². The fourth-order valence-corrected chi connectivity index (χ4v) is 3.70. The molecule has 166 valence electrons. The topological polar surface area (TPSA) is 84.1 Å². The van der Waals surface area contributed by atoms with Crippen molar-refractivity contribution in [1.29, 1.82) is 0 Å². The Morgan fingerprint density at radius 2 is 1.88 bits per heavy atom. The molecule has 0 unspecified atom stereocenters. The molecule has 0 saturated heterocycles. The highest BCUT2D eigenvalue weighted by atomic mass is 79.9. The van der Waals surface area contributed by atoms with Gasteiger partial charge in [0.15, 0.2) is 5.82 Å². The molecule has 3 rings (SSSR count). The van der Waals surface area contributed by atoms with Gasteiger partial charge in [-0.05, 0) is 53.0 Å². The van der Waals surface area contributed by atoms with Gasteiger partial charge in [-0.3, -0.25) is 9.36 Å². The number of pyridine rings is 1. The Balaban J connectivity index is 2.22. The van der Waals surface area contributed by atoms with E-state index < -0.39 is 11.5 Å². The van der Waals surface area contributed by atoms with Crippen molar-refractivity contribution >= 4 is 34.1 Å². The lowest BCUT2D eigenvalue weighted by Gasteiger charge is -2.20. The summed E-state index contributed by atoms with van der Waals surface area (Å²) in [5.41, 5.74) is 2.54. The second kappa shape index (κ2) is 9.82. The van der Waals surface area contributed by atoms with Gasteiger partial charge in [0.05, 0.1) is 16.5 Å². The molecule has 0 aliphatic heterocycles. The largest absolute Gasteiger partial charge is 0.489 e.